The third-order valence-electron chi connectivity index (χ3n) is 6.46. The fourth-order valence-corrected chi connectivity index (χ4v) is 5.51. The lowest BCUT2D eigenvalue weighted by Gasteiger charge is -2.34. The molecule has 198 valence electrons. The molecule has 1 unspecified atom stereocenters. The quantitative estimate of drug-likeness (QED) is 0.166. The highest BCUT2D eigenvalue weighted by Gasteiger charge is 2.43. The van der Waals surface area contributed by atoms with Crippen LogP contribution in [0.2, 0.25) is 0 Å². The molecule has 1 aliphatic rings. The summed E-state index contributed by atoms with van der Waals surface area (Å²) in [5.74, 6) is -2.11. The van der Waals surface area contributed by atoms with Crippen molar-refractivity contribution in [2.75, 3.05) is 12.4 Å². The average molecular weight is 502 g/mol. The summed E-state index contributed by atoms with van der Waals surface area (Å²) in [4.78, 5) is 35.7. The number of rotatable bonds is 22. The van der Waals surface area contributed by atoms with E-state index in [9.17, 15) is 18.6 Å². The predicted octanol–water partition coefficient (Wildman–Crippen LogP) is 4.96. The van der Waals surface area contributed by atoms with Crippen LogP contribution < -0.4 is 5.73 Å². The van der Waals surface area contributed by atoms with Crippen LogP contribution in [0.5, 0.6) is 0 Å². The maximum atomic E-state index is 12.7. The smallest absolute Gasteiger partial charge is 0.321 e. The van der Waals surface area contributed by atoms with E-state index in [1.54, 1.807) is 0 Å². The van der Waals surface area contributed by atoms with Gasteiger partial charge in [-0.05, 0) is 12.8 Å². The number of amides is 1. The largest absolute Gasteiger partial charge is 0.461 e. The summed E-state index contributed by atoms with van der Waals surface area (Å²) in [6.07, 6.45) is 16.6. The van der Waals surface area contributed by atoms with E-state index in [1.807, 2.05) is 0 Å². The van der Waals surface area contributed by atoms with Crippen LogP contribution in [0.15, 0.2) is 0 Å². The summed E-state index contributed by atoms with van der Waals surface area (Å²) in [5.41, 5.74) is 5.20. The van der Waals surface area contributed by atoms with Crippen molar-refractivity contribution >= 4 is 28.6 Å². The zero-order valence-electron chi connectivity index (χ0n) is 21.4. The normalized spacial score (nSPS) is 19.2. The molecule has 1 amide bonds. The molecule has 2 N–H and O–H groups in total. The van der Waals surface area contributed by atoms with Crippen LogP contribution >= 0.6 is 0 Å². The highest BCUT2D eigenvalue weighted by molar-refractivity contribution is 7.87. The van der Waals surface area contributed by atoms with E-state index in [2.05, 4.69) is 13.8 Å². The zero-order chi connectivity index (χ0) is 25.2. The van der Waals surface area contributed by atoms with E-state index < -0.39 is 34.0 Å². The van der Waals surface area contributed by atoms with Crippen LogP contribution in [0.4, 0.5) is 0 Å². The Morgan fingerprint density at radius 2 is 1.44 bits per heavy atom. The fourth-order valence-electron chi connectivity index (χ4n) is 4.31. The first-order valence-corrected chi connectivity index (χ1v) is 14.8. The number of hydrogen-bond acceptors (Lipinski definition) is 6. The van der Waals surface area contributed by atoms with Crippen molar-refractivity contribution in [1.29, 1.82) is 0 Å². The van der Waals surface area contributed by atoms with Gasteiger partial charge in [-0.2, -0.15) is 0 Å². The Morgan fingerprint density at radius 1 is 0.912 bits per heavy atom. The highest BCUT2D eigenvalue weighted by Crippen LogP contribution is 2.28. The second kappa shape index (κ2) is 18.8. The summed E-state index contributed by atoms with van der Waals surface area (Å²) in [5, 5.41) is -0.875. The van der Waals surface area contributed by atoms with E-state index >= 15 is 0 Å². The Bertz CT molecular complexity index is 626. The molecule has 34 heavy (non-hydrogen) atoms. The summed E-state index contributed by atoms with van der Waals surface area (Å²) in [6, 6.07) is 0. The molecule has 1 rings (SSSR count). The molecule has 0 aliphatic carbocycles. The maximum absolute atomic E-state index is 12.7. The number of ether oxygens (including phenoxy) is 2. The van der Waals surface area contributed by atoms with E-state index in [0.717, 1.165) is 57.8 Å². The molecule has 0 spiro atoms. The molecular weight excluding hydrogens is 454 g/mol. The summed E-state index contributed by atoms with van der Waals surface area (Å²) in [7, 11) is -1.71. The number of primary amides is 1. The monoisotopic (exact) mass is 501 g/mol. The molecule has 4 atom stereocenters. The van der Waals surface area contributed by atoms with Crippen molar-refractivity contribution in [3.8, 4) is 0 Å². The molecule has 1 fully saturated rings. The van der Waals surface area contributed by atoms with Crippen molar-refractivity contribution in [2.45, 2.75) is 128 Å². The van der Waals surface area contributed by atoms with Crippen LogP contribution in [0, 0.1) is 5.92 Å². The molecule has 0 aromatic rings. The van der Waals surface area contributed by atoms with Gasteiger partial charge in [-0.15, -0.1) is 0 Å². The molecule has 1 saturated heterocycles. The number of unbranched alkanes of at least 4 members (excludes halogenated alkanes) is 12. The molecule has 0 aromatic carbocycles. The standard InChI is InChI=1S/C26H47NO6S/c1-3-5-7-9-10-11-12-13-14-16-18-23(34(31)20-24(27)28)26(30)32-19-22-21(25(29)33-22)17-15-8-6-4-2/h21-23H,3-20H2,1-2H3,(H2,27,28)/t21-,22+,23?,34-/m0/s1. The molecule has 7 nitrogen and oxygen atoms in total. The Balaban J connectivity index is 2.38. The zero-order valence-corrected chi connectivity index (χ0v) is 22.2. The molecule has 0 radical (unpaired) electrons. The van der Waals surface area contributed by atoms with Crippen LogP contribution in [0.3, 0.4) is 0 Å². The number of carbonyl (C=O) groups is 3. The van der Waals surface area contributed by atoms with Crippen molar-refractivity contribution in [3.05, 3.63) is 0 Å². The maximum Gasteiger partial charge on any atom is 0.321 e. The first-order chi connectivity index (χ1) is 16.4. The third kappa shape index (κ3) is 12.9. The Morgan fingerprint density at radius 3 is 1.97 bits per heavy atom. The molecule has 0 saturated carbocycles. The van der Waals surface area contributed by atoms with Crippen LogP contribution in [-0.2, 0) is 34.7 Å². The first-order valence-electron chi connectivity index (χ1n) is 13.4. The lowest BCUT2D eigenvalue weighted by Crippen LogP contribution is -2.48. The second-order valence-corrected chi connectivity index (χ2v) is 11.1. The van der Waals surface area contributed by atoms with Gasteiger partial charge in [0, 0.05) is 10.8 Å². The van der Waals surface area contributed by atoms with Crippen LogP contribution in [0.1, 0.15) is 117 Å². The van der Waals surface area contributed by atoms with Crippen molar-refractivity contribution in [2.24, 2.45) is 11.7 Å². The molecule has 8 heteroatoms. The topological polar surface area (TPSA) is 113 Å². The Hall–Kier alpha value is -1.44. The third-order valence-corrected chi connectivity index (χ3v) is 8.09. The Kier molecular flexibility index (Phi) is 16.9. The first kappa shape index (κ1) is 30.6. The summed E-state index contributed by atoms with van der Waals surface area (Å²) >= 11 is 0. The minimum Gasteiger partial charge on any atom is -0.461 e. The minimum atomic E-state index is -1.71. The lowest BCUT2D eigenvalue weighted by atomic mass is 9.91. The van der Waals surface area contributed by atoms with E-state index in [4.69, 9.17) is 15.2 Å². The molecule has 0 bridgehead atoms. The minimum absolute atomic E-state index is 0.0225. The highest BCUT2D eigenvalue weighted by atomic mass is 32.2. The average Bonchev–Trinajstić information content (AvgIpc) is 2.79. The van der Waals surface area contributed by atoms with Gasteiger partial charge in [0.2, 0.25) is 5.91 Å². The number of hydrogen-bond donors (Lipinski definition) is 1. The summed E-state index contributed by atoms with van der Waals surface area (Å²) < 4.78 is 23.1. The van der Waals surface area contributed by atoms with Crippen LogP contribution in [0.25, 0.3) is 0 Å². The lowest BCUT2D eigenvalue weighted by molar-refractivity contribution is -0.194. The van der Waals surface area contributed by atoms with Gasteiger partial charge in [-0.3, -0.25) is 18.6 Å². The van der Waals surface area contributed by atoms with E-state index in [0.29, 0.717) is 6.42 Å². The number of cyclic esters (lactones) is 1. The van der Waals surface area contributed by atoms with Crippen LogP contribution in [-0.4, -0.2) is 45.8 Å². The second-order valence-electron chi connectivity index (χ2n) is 9.51. The number of nitrogens with two attached hydrogens (primary N) is 1. The SMILES string of the molecule is CCCCCCCCCCCCC(C(=O)OC[C@H]1OC(=O)[C@H]1CCCCCC)[S@@](=O)CC(N)=O. The molecule has 1 aliphatic heterocycles. The Labute approximate surface area is 208 Å². The van der Waals surface area contributed by atoms with Gasteiger partial charge in [0.05, 0.1) is 5.92 Å². The van der Waals surface area contributed by atoms with Gasteiger partial charge < -0.3 is 15.2 Å². The summed E-state index contributed by atoms with van der Waals surface area (Å²) in [6.45, 7) is 4.33. The molecular formula is C26H47NO6S. The van der Waals surface area contributed by atoms with Crippen molar-refractivity contribution in [1.82, 2.24) is 0 Å². The van der Waals surface area contributed by atoms with Gasteiger partial charge >= 0.3 is 11.9 Å². The molecule has 0 aromatic heterocycles. The van der Waals surface area contributed by atoms with E-state index in [-0.39, 0.29) is 24.2 Å². The fraction of sp³-hybridized carbons (Fsp3) is 0.885. The van der Waals surface area contributed by atoms with Gasteiger partial charge in [0.1, 0.15) is 23.7 Å². The van der Waals surface area contributed by atoms with Gasteiger partial charge in [0.15, 0.2) is 0 Å². The number of esters is 2. The van der Waals surface area contributed by atoms with Gasteiger partial charge in [-0.25, -0.2) is 0 Å². The van der Waals surface area contributed by atoms with Crippen molar-refractivity contribution in [3.63, 3.8) is 0 Å². The van der Waals surface area contributed by atoms with Gasteiger partial charge in [0.25, 0.3) is 0 Å². The molecule has 1 heterocycles. The van der Waals surface area contributed by atoms with Crippen molar-refractivity contribution < 1.29 is 28.1 Å². The van der Waals surface area contributed by atoms with Gasteiger partial charge in [-0.1, -0.05) is 104 Å². The van der Waals surface area contributed by atoms with E-state index in [1.165, 1.54) is 38.5 Å². The predicted molar refractivity (Wildman–Crippen MR) is 136 cm³/mol. The number of carbonyl (C=O) groups excluding carboxylic acids is 3.